The molecular weight excluding hydrogens is 312 g/mol. The van der Waals surface area contributed by atoms with E-state index in [0.717, 1.165) is 0 Å². The smallest absolute Gasteiger partial charge is 0.251 e. The minimum atomic E-state index is -0.269. The molecule has 0 aliphatic rings. The fourth-order valence-electron chi connectivity index (χ4n) is 2.14. The van der Waals surface area contributed by atoms with Crippen LogP contribution in [0.3, 0.4) is 0 Å². The number of amides is 1. The second-order valence-corrected chi connectivity index (χ2v) is 4.94. The van der Waals surface area contributed by atoms with Gasteiger partial charge in [-0.05, 0) is 24.3 Å². The maximum absolute atomic E-state index is 12.3. The fraction of sp³-hybridized carbons (Fsp3) is 0.176. The summed E-state index contributed by atoms with van der Waals surface area (Å²) in [4.78, 5) is 12.3. The van der Waals surface area contributed by atoms with Crippen LogP contribution in [0.1, 0.15) is 16.1 Å². The molecule has 0 bridgehead atoms. The van der Waals surface area contributed by atoms with Crippen molar-refractivity contribution in [2.24, 2.45) is 0 Å². The molecule has 3 aromatic rings. The zero-order valence-corrected chi connectivity index (χ0v) is 13.2. The van der Waals surface area contributed by atoms with Crippen LogP contribution in [0.2, 0.25) is 0 Å². The summed E-state index contributed by atoms with van der Waals surface area (Å²) in [5.74, 6) is 1.90. The molecule has 0 saturated heterocycles. The van der Waals surface area contributed by atoms with E-state index >= 15 is 0 Å². The summed E-state index contributed by atoms with van der Waals surface area (Å²) >= 11 is 0. The molecule has 0 aliphatic heterocycles. The largest absolute Gasteiger partial charge is 0.497 e. The van der Waals surface area contributed by atoms with Gasteiger partial charge in [0.05, 0.1) is 27.0 Å². The number of furan rings is 1. The van der Waals surface area contributed by atoms with Gasteiger partial charge in [-0.3, -0.25) is 4.79 Å². The second kappa shape index (κ2) is 6.91. The van der Waals surface area contributed by atoms with Gasteiger partial charge in [-0.2, -0.15) is 0 Å². The number of aromatic nitrogens is 1. The molecule has 0 spiro atoms. The van der Waals surface area contributed by atoms with Gasteiger partial charge in [0.15, 0.2) is 5.76 Å². The van der Waals surface area contributed by atoms with Gasteiger partial charge < -0.3 is 23.7 Å². The molecule has 124 valence electrons. The highest BCUT2D eigenvalue weighted by atomic mass is 16.5. The average Bonchev–Trinajstić information content (AvgIpc) is 3.30. The maximum Gasteiger partial charge on any atom is 0.251 e. The van der Waals surface area contributed by atoms with Crippen LogP contribution in [0.4, 0.5) is 0 Å². The highest BCUT2D eigenvalue weighted by Gasteiger charge is 2.12. The second-order valence-electron chi connectivity index (χ2n) is 4.94. The lowest BCUT2D eigenvalue weighted by atomic mass is 10.2. The van der Waals surface area contributed by atoms with Gasteiger partial charge >= 0.3 is 0 Å². The Morgan fingerprint density at radius 1 is 1.12 bits per heavy atom. The molecule has 24 heavy (non-hydrogen) atoms. The van der Waals surface area contributed by atoms with Crippen LogP contribution in [-0.2, 0) is 6.54 Å². The Bertz CT molecular complexity index is 801. The maximum atomic E-state index is 12.3. The molecule has 0 radical (unpaired) electrons. The Balaban J connectivity index is 1.67. The van der Waals surface area contributed by atoms with Crippen molar-refractivity contribution >= 4 is 5.91 Å². The van der Waals surface area contributed by atoms with Crippen molar-refractivity contribution in [2.45, 2.75) is 6.54 Å². The number of ether oxygens (including phenoxy) is 2. The summed E-state index contributed by atoms with van der Waals surface area (Å²) in [5, 5.41) is 6.68. The Morgan fingerprint density at radius 2 is 1.88 bits per heavy atom. The van der Waals surface area contributed by atoms with Crippen LogP contribution in [0, 0.1) is 0 Å². The number of carbonyl (C=O) groups is 1. The zero-order valence-electron chi connectivity index (χ0n) is 13.2. The molecule has 0 fully saturated rings. The third-order valence-electron chi connectivity index (χ3n) is 3.37. The van der Waals surface area contributed by atoms with Crippen LogP contribution < -0.4 is 14.8 Å². The van der Waals surface area contributed by atoms with Crippen molar-refractivity contribution in [3.8, 4) is 23.0 Å². The van der Waals surface area contributed by atoms with Gasteiger partial charge in [0, 0.05) is 17.7 Å². The molecule has 0 unspecified atom stereocenters. The molecule has 1 aromatic carbocycles. The van der Waals surface area contributed by atoms with E-state index in [1.807, 2.05) is 0 Å². The molecule has 1 amide bonds. The molecular formula is C17H16N2O5. The molecule has 0 aliphatic carbocycles. The van der Waals surface area contributed by atoms with Crippen LogP contribution >= 0.6 is 0 Å². The Labute approximate surface area is 138 Å². The minimum absolute atomic E-state index is 0.225. The number of nitrogens with zero attached hydrogens (tertiary/aromatic N) is 1. The van der Waals surface area contributed by atoms with E-state index in [1.165, 1.54) is 14.2 Å². The van der Waals surface area contributed by atoms with Crippen molar-refractivity contribution in [3.05, 3.63) is 53.9 Å². The number of rotatable bonds is 6. The summed E-state index contributed by atoms with van der Waals surface area (Å²) in [7, 11) is 3.06. The number of nitrogens with one attached hydrogen (secondary N) is 1. The fourth-order valence-corrected chi connectivity index (χ4v) is 2.14. The molecule has 0 saturated carbocycles. The van der Waals surface area contributed by atoms with Crippen LogP contribution in [-0.4, -0.2) is 25.3 Å². The van der Waals surface area contributed by atoms with Crippen molar-refractivity contribution in [1.29, 1.82) is 0 Å². The molecule has 7 heteroatoms. The van der Waals surface area contributed by atoms with Gasteiger partial charge in [0.2, 0.25) is 5.76 Å². The van der Waals surface area contributed by atoms with E-state index in [4.69, 9.17) is 18.4 Å². The Morgan fingerprint density at radius 3 is 2.50 bits per heavy atom. The number of hydrogen-bond acceptors (Lipinski definition) is 6. The summed E-state index contributed by atoms with van der Waals surface area (Å²) < 4.78 is 20.7. The van der Waals surface area contributed by atoms with Gasteiger partial charge in [-0.25, -0.2) is 0 Å². The third kappa shape index (κ3) is 3.40. The monoisotopic (exact) mass is 328 g/mol. The number of benzene rings is 1. The number of methoxy groups -OCH3 is 2. The van der Waals surface area contributed by atoms with Crippen molar-refractivity contribution in [3.63, 3.8) is 0 Å². The Kier molecular flexibility index (Phi) is 4.51. The van der Waals surface area contributed by atoms with Crippen LogP contribution in [0.25, 0.3) is 11.5 Å². The topological polar surface area (TPSA) is 86.7 Å². The highest BCUT2D eigenvalue weighted by molar-refractivity contribution is 5.95. The summed E-state index contributed by atoms with van der Waals surface area (Å²) in [6, 6.07) is 10.2. The molecule has 2 aromatic heterocycles. The highest BCUT2D eigenvalue weighted by Crippen LogP contribution is 2.23. The van der Waals surface area contributed by atoms with E-state index in [9.17, 15) is 4.79 Å². The standard InChI is InChI=1S/C17H16N2O5/c1-21-13-6-11(7-14(9-13)22-2)17(20)18-10-12-8-16(24-19-12)15-4-3-5-23-15/h3-9H,10H2,1-2H3,(H,18,20). The quantitative estimate of drug-likeness (QED) is 0.749. The van der Waals surface area contributed by atoms with E-state index in [-0.39, 0.29) is 12.5 Å². The van der Waals surface area contributed by atoms with Gasteiger partial charge in [-0.15, -0.1) is 0 Å². The summed E-state index contributed by atoms with van der Waals surface area (Å²) in [6.07, 6.45) is 1.55. The van der Waals surface area contributed by atoms with E-state index in [1.54, 1.807) is 42.7 Å². The summed E-state index contributed by atoms with van der Waals surface area (Å²) in [5.41, 5.74) is 1.02. The van der Waals surface area contributed by atoms with Crippen molar-refractivity contribution < 1.29 is 23.2 Å². The first-order chi connectivity index (χ1) is 11.7. The Hall–Kier alpha value is -3.22. The van der Waals surface area contributed by atoms with Crippen LogP contribution in [0.15, 0.2) is 51.6 Å². The molecule has 2 heterocycles. The van der Waals surface area contributed by atoms with Crippen molar-refractivity contribution in [1.82, 2.24) is 10.5 Å². The van der Waals surface area contributed by atoms with Crippen LogP contribution in [0.5, 0.6) is 11.5 Å². The molecule has 3 rings (SSSR count). The average molecular weight is 328 g/mol. The minimum Gasteiger partial charge on any atom is -0.497 e. The van der Waals surface area contributed by atoms with Gasteiger partial charge in [-0.1, -0.05) is 5.16 Å². The lowest BCUT2D eigenvalue weighted by Gasteiger charge is -2.08. The van der Waals surface area contributed by atoms with E-state index in [0.29, 0.717) is 34.3 Å². The van der Waals surface area contributed by atoms with Gasteiger partial charge in [0.1, 0.15) is 17.2 Å². The first-order valence-electron chi connectivity index (χ1n) is 7.20. The van der Waals surface area contributed by atoms with Crippen molar-refractivity contribution in [2.75, 3.05) is 14.2 Å². The first kappa shape index (κ1) is 15.7. The van der Waals surface area contributed by atoms with E-state index in [2.05, 4.69) is 10.5 Å². The SMILES string of the molecule is COc1cc(OC)cc(C(=O)NCc2cc(-c3ccco3)on2)c1. The molecule has 0 atom stereocenters. The first-order valence-corrected chi connectivity index (χ1v) is 7.20. The lowest BCUT2D eigenvalue weighted by Crippen LogP contribution is -2.23. The normalized spacial score (nSPS) is 10.4. The number of hydrogen-bond donors (Lipinski definition) is 1. The molecule has 7 nitrogen and oxygen atoms in total. The predicted octanol–water partition coefficient (Wildman–Crippen LogP) is 2.88. The molecule has 1 N–H and O–H groups in total. The van der Waals surface area contributed by atoms with E-state index < -0.39 is 0 Å². The number of carbonyl (C=O) groups excluding carboxylic acids is 1. The predicted molar refractivity (Wildman–Crippen MR) is 84.9 cm³/mol. The zero-order chi connectivity index (χ0) is 16.9. The third-order valence-corrected chi connectivity index (χ3v) is 3.37. The van der Waals surface area contributed by atoms with Gasteiger partial charge in [0.25, 0.3) is 5.91 Å². The summed E-state index contributed by atoms with van der Waals surface area (Å²) in [6.45, 7) is 0.225. The lowest BCUT2D eigenvalue weighted by molar-refractivity contribution is 0.0949.